The van der Waals surface area contributed by atoms with Crippen LogP contribution in [0.1, 0.15) is 0 Å². The molecular formula is C20H23FN4O. The monoisotopic (exact) mass is 354 g/mol. The Morgan fingerprint density at radius 3 is 2.42 bits per heavy atom. The normalized spacial score (nSPS) is 13.9. The van der Waals surface area contributed by atoms with Gasteiger partial charge in [-0.25, -0.2) is 4.39 Å². The second-order valence-corrected chi connectivity index (χ2v) is 6.72. The fourth-order valence-corrected chi connectivity index (χ4v) is 2.94. The van der Waals surface area contributed by atoms with E-state index in [1.165, 1.54) is 12.1 Å². The molecule has 5 nitrogen and oxygen atoms in total. The Morgan fingerprint density at radius 2 is 1.81 bits per heavy atom. The Morgan fingerprint density at radius 1 is 1.19 bits per heavy atom. The lowest BCUT2D eigenvalue weighted by atomic mass is 9.99. The third-order valence-electron chi connectivity index (χ3n) is 4.56. The van der Waals surface area contributed by atoms with E-state index in [2.05, 4.69) is 11.9 Å². The van der Waals surface area contributed by atoms with Gasteiger partial charge in [-0.1, -0.05) is 24.8 Å². The number of likely N-dealkylation sites (tertiary alicyclic amines) is 1. The predicted molar refractivity (Wildman–Crippen MR) is 103 cm³/mol. The summed E-state index contributed by atoms with van der Waals surface area (Å²) in [4.78, 5) is 15.6. The molecule has 1 aliphatic rings. The van der Waals surface area contributed by atoms with Gasteiger partial charge in [-0.15, -0.1) is 0 Å². The molecule has 1 aliphatic heterocycles. The molecule has 1 heterocycles. The maximum atomic E-state index is 13.1. The third kappa shape index (κ3) is 3.64. The molecular weight excluding hydrogens is 331 g/mol. The van der Waals surface area contributed by atoms with Gasteiger partial charge < -0.3 is 20.9 Å². The second kappa shape index (κ2) is 7.07. The first-order chi connectivity index (χ1) is 12.3. The van der Waals surface area contributed by atoms with E-state index < -0.39 is 0 Å². The number of benzene rings is 2. The summed E-state index contributed by atoms with van der Waals surface area (Å²) in [5.41, 5.74) is 9.24. The summed E-state index contributed by atoms with van der Waals surface area (Å²) >= 11 is 0. The van der Waals surface area contributed by atoms with Crippen molar-refractivity contribution in [3.05, 3.63) is 60.7 Å². The molecule has 0 aromatic heterocycles. The van der Waals surface area contributed by atoms with Crippen LogP contribution in [0.4, 0.5) is 15.8 Å². The molecule has 1 amide bonds. The molecule has 2 aromatic rings. The number of carbonyl (C=O) groups is 1. The van der Waals surface area contributed by atoms with E-state index in [1.807, 2.05) is 23.1 Å². The van der Waals surface area contributed by atoms with Gasteiger partial charge in [0.05, 0.1) is 23.1 Å². The smallest absolute Gasteiger partial charge is 0.228 e. The van der Waals surface area contributed by atoms with Gasteiger partial charge in [0, 0.05) is 27.2 Å². The highest BCUT2D eigenvalue weighted by Gasteiger charge is 2.34. The molecule has 1 fully saturated rings. The number of carbonyl (C=O) groups excluding carboxylic acids is 1. The van der Waals surface area contributed by atoms with Gasteiger partial charge in [0.25, 0.3) is 0 Å². The molecule has 0 atom stereocenters. The number of halogens is 1. The van der Waals surface area contributed by atoms with Crippen molar-refractivity contribution < 1.29 is 9.18 Å². The number of hydrogen-bond donors (Lipinski definition) is 2. The lowest BCUT2D eigenvalue weighted by Gasteiger charge is -2.42. The van der Waals surface area contributed by atoms with Crippen LogP contribution in [0.25, 0.3) is 11.1 Å². The first-order valence-corrected chi connectivity index (χ1v) is 8.42. The van der Waals surface area contributed by atoms with Crippen molar-refractivity contribution in [2.45, 2.75) is 0 Å². The molecule has 26 heavy (non-hydrogen) atoms. The molecule has 0 unspecified atom stereocenters. The summed E-state index contributed by atoms with van der Waals surface area (Å²) in [6.07, 6.45) is 0. The zero-order valence-corrected chi connectivity index (χ0v) is 15.0. The fourth-order valence-electron chi connectivity index (χ4n) is 2.94. The molecule has 0 saturated carbocycles. The third-order valence-corrected chi connectivity index (χ3v) is 4.56. The molecule has 1 saturated heterocycles. The minimum absolute atomic E-state index is 0.00597. The maximum absolute atomic E-state index is 13.1. The average Bonchev–Trinajstić information content (AvgIpc) is 2.56. The van der Waals surface area contributed by atoms with Crippen molar-refractivity contribution in [1.29, 1.82) is 0 Å². The van der Waals surface area contributed by atoms with Gasteiger partial charge in [-0.2, -0.15) is 0 Å². The highest BCUT2D eigenvalue weighted by Crippen LogP contribution is 2.30. The maximum Gasteiger partial charge on any atom is 0.228 e. The Bertz CT molecular complexity index is 826. The number of nitrogen functional groups attached to an aromatic ring is 1. The summed E-state index contributed by atoms with van der Waals surface area (Å²) in [6, 6.07) is 11.9. The van der Waals surface area contributed by atoms with Crippen LogP contribution in [-0.4, -0.2) is 42.9 Å². The summed E-state index contributed by atoms with van der Waals surface area (Å²) in [5, 5.41) is 3.23. The Kier molecular flexibility index (Phi) is 4.84. The standard InChI is InChI=1S/C20H23FN4O/c1-13(25-11-16(12-25)20(26)24(2)3)23-19-10-15(6-9-18(19)22)14-4-7-17(21)8-5-14/h4-10,16,23H,1,11-12,22H2,2-3H3. The number of anilines is 2. The number of nitrogens with one attached hydrogen (secondary N) is 1. The SMILES string of the molecule is C=C(Nc1cc(-c2ccc(F)cc2)ccc1N)N1CC(C(=O)N(C)C)C1. The summed E-state index contributed by atoms with van der Waals surface area (Å²) < 4.78 is 13.1. The number of hydrogen-bond acceptors (Lipinski definition) is 4. The van der Waals surface area contributed by atoms with Crippen molar-refractivity contribution in [2.24, 2.45) is 5.92 Å². The summed E-state index contributed by atoms with van der Waals surface area (Å²) in [5.74, 6) is 0.574. The van der Waals surface area contributed by atoms with Crippen molar-refractivity contribution in [1.82, 2.24) is 9.80 Å². The van der Waals surface area contributed by atoms with E-state index >= 15 is 0 Å². The van der Waals surface area contributed by atoms with Crippen LogP contribution in [-0.2, 0) is 4.79 Å². The summed E-state index contributed by atoms with van der Waals surface area (Å²) in [6.45, 7) is 5.33. The molecule has 136 valence electrons. The van der Waals surface area contributed by atoms with E-state index in [-0.39, 0.29) is 17.6 Å². The van der Waals surface area contributed by atoms with Crippen LogP contribution in [0, 0.1) is 11.7 Å². The molecule has 3 rings (SSSR count). The molecule has 3 N–H and O–H groups in total. The van der Waals surface area contributed by atoms with Crippen molar-refractivity contribution >= 4 is 17.3 Å². The van der Waals surface area contributed by atoms with Gasteiger partial charge in [0.1, 0.15) is 5.82 Å². The fraction of sp³-hybridized carbons (Fsp3) is 0.250. The molecule has 6 heteroatoms. The van der Waals surface area contributed by atoms with E-state index in [1.54, 1.807) is 31.1 Å². The minimum Gasteiger partial charge on any atom is -0.397 e. The Hall–Kier alpha value is -3.02. The minimum atomic E-state index is -0.268. The van der Waals surface area contributed by atoms with Gasteiger partial charge in [0.2, 0.25) is 5.91 Å². The van der Waals surface area contributed by atoms with Crippen LogP contribution in [0.5, 0.6) is 0 Å². The zero-order valence-electron chi connectivity index (χ0n) is 15.0. The van der Waals surface area contributed by atoms with Crippen LogP contribution in [0.2, 0.25) is 0 Å². The van der Waals surface area contributed by atoms with Crippen molar-refractivity contribution in [2.75, 3.05) is 38.2 Å². The molecule has 2 aromatic carbocycles. The molecule has 0 radical (unpaired) electrons. The first-order valence-electron chi connectivity index (χ1n) is 8.42. The van der Waals surface area contributed by atoms with E-state index in [0.29, 0.717) is 24.6 Å². The lowest BCUT2D eigenvalue weighted by Crippen LogP contribution is -2.53. The number of nitrogens with zero attached hydrogens (tertiary/aromatic N) is 2. The van der Waals surface area contributed by atoms with E-state index in [0.717, 1.165) is 16.8 Å². The zero-order chi connectivity index (χ0) is 18.8. The molecule has 0 bridgehead atoms. The van der Waals surface area contributed by atoms with Gasteiger partial charge in [-0.3, -0.25) is 4.79 Å². The number of nitrogens with two attached hydrogens (primary N) is 1. The largest absolute Gasteiger partial charge is 0.397 e. The quantitative estimate of drug-likeness (QED) is 0.811. The first kappa shape index (κ1) is 17.8. The topological polar surface area (TPSA) is 61.6 Å². The van der Waals surface area contributed by atoms with Gasteiger partial charge in [0.15, 0.2) is 0 Å². The van der Waals surface area contributed by atoms with E-state index in [4.69, 9.17) is 5.73 Å². The Labute approximate surface area is 152 Å². The van der Waals surface area contributed by atoms with Crippen LogP contribution in [0.15, 0.2) is 54.9 Å². The average molecular weight is 354 g/mol. The second-order valence-electron chi connectivity index (χ2n) is 6.72. The molecule has 0 spiro atoms. The predicted octanol–water partition coefficient (Wildman–Crippen LogP) is 2.98. The van der Waals surface area contributed by atoms with E-state index in [9.17, 15) is 9.18 Å². The van der Waals surface area contributed by atoms with Crippen molar-refractivity contribution in [3.8, 4) is 11.1 Å². The number of amides is 1. The number of rotatable bonds is 5. The van der Waals surface area contributed by atoms with Gasteiger partial charge in [-0.05, 0) is 35.4 Å². The van der Waals surface area contributed by atoms with Crippen LogP contribution in [0.3, 0.4) is 0 Å². The van der Waals surface area contributed by atoms with Crippen LogP contribution >= 0.6 is 0 Å². The van der Waals surface area contributed by atoms with Crippen LogP contribution < -0.4 is 11.1 Å². The van der Waals surface area contributed by atoms with Gasteiger partial charge >= 0.3 is 0 Å². The highest BCUT2D eigenvalue weighted by molar-refractivity contribution is 5.80. The molecule has 0 aliphatic carbocycles. The Balaban J connectivity index is 1.68. The highest BCUT2D eigenvalue weighted by atomic mass is 19.1. The lowest BCUT2D eigenvalue weighted by molar-refractivity contribution is -0.137. The summed E-state index contributed by atoms with van der Waals surface area (Å²) in [7, 11) is 3.53. The van der Waals surface area contributed by atoms with Crippen molar-refractivity contribution in [3.63, 3.8) is 0 Å².